The Morgan fingerprint density at radius 1 is 1.50 bits per heavy atom. The van der Waals surface area contributed by atoms with Gasteiger partial charge in [0.05, 0.1) is 4.92 Å². The Morgan fingerprint density at radius 2 is 2.20 bits per heavy atom. The van der Waals surface area contributed by atoms with Gasteiger partial charge >= 0.3 is 5.69 Å². The molecule has 7 heteroatoms. The van der Waals surface area contributed by atoms with Crippen LogP contribution in [0.15, 0.2) is 6.20 Å². The van der Waals surface area contributed by atoms with E-state index in [-0.39, 0.29) is 17.4 Å². The maximum absolute atomic E-state index is 12.2. The molecule has 0 bridgehead atoms. The monoisotopic (exact) mass is 280 g/mol. The van der Waals surface area contributed by atoms with Crippen LogP contribution in [0.2, 0.25) is 0 Å². The summed E-state index contributed by atoms with van der Waals surface area (Å²) in [5.74, 6) is 0.464. The second kappa shape index (κ2) is 5.60. The van der Waals surface area contributed by atoms with Crippen LogP contribution in [-0.4, -0.2) is 26.7 Å². The largest absolute Gasteiger partial charge is 0.347 e. The summed E-state index contributed by atoms with van der Waals surface area (Å²) in [6.07, 6.45) is 4.40. The van der Waals surface area contributed by atoms with Crippen LogP contribution < -0.4 is 5.32 Å². The van der Waals surface area contributed by atoms with Crippen molar-refractivity contribution >= 4 is 11.6 Å². The van der Waals surface area contributed by atoms with Gasteiger partial charge < -0.3 is 5.32 Å². The summed E-state index contributed by atoms with van der Waals surface area (Å²) >= 11 is 0. The Balaban J connectivity index is 2.14. The van der Waals surface area contributed by atoms with Gasteiger partial charge in [-0.1, -0.05) is 26.7 Å². The summed E-state index contributed by atoms with van der Waals surface area (Å²) in [6, 6.07) is 0.0628. The van der Waals surface area contributed by atoms with E-state index < -0.39 is 10.8 Å². The van der Waals surface area contributed by atoms with Gasteiger partial charge in [0.1, 0.15) is 6.20 Å². The molecule has 0 aromatic carbocycles. The minimum atomic E-state index is -0.575. The standard InChI is InChI=1S/C13H20N4O3/c1-8-5-4-6-10(9(8)2)14-13(18)12-11(17(19)20)7-16(3)15-12/h7-10H,4-6H2,1-3H3,(H,14,18)/t8-,9+,10-/m0/s1. The zero-order valence-electron chi connectivity index (χ0n) is 12.0. The average molecular weight is 280 g/mol. The zero-order valence-corrected chi connectivity index (χ0v) is 12.0. The fourth-order valence-corrected chi connectivity index (χ4v) is 2.79. The molecule has 1 heterocycles. The van der Waals surface area contributed by atoms with Gasteiger partial charge in [-0.2, -0.15) is 5.10 Å². The molecule has 7 nitrogen and oxygen atoms in total. The van der Waals surface area contributed by atoms with Crippen LogP contribution in [0, 0.1) is 22.0 Å². The first-order chi connectivity index (χ1) is 9.40. The molecule has 0 unspecified atom stereocenters. The molecule has 1 aromatic rings. The van der Waals surface area contributed by atoms with E-state index in [1.807, 2.05) is 0 Å². The Bertz CT molecular complexity index is 526. The third kappa shape index (κ3) is 2.81. The predicted molar refractivity (Wildman–Crippen MR) is 73.3 cm³/mol. The number of carbonyl (C=O) groups excluding carboxylic acids is 1. The van der Waals surface area contributed by atoms with Crippen molar-refractivity contribution in [2.24, 2.45) is 18.9 Å². The quantitative estimate of drug-likeness (QED) is 0.676. The van der Waals surface area contributed by atoms with Crippen molar-refractivity contribution in [3.05, 3.63) is 22.0 Å². The van der Waals surface area contributed by atoms with Crippen LogP contribution >= 0.6 is 0 Å². The first kappa shape index (κ1) is 14.5. The van der Waals surface area contributed by atoms with E-state index in [9.17, 15) is 14.9 Å². The van der Waals surface area contributed by atoms with Gasteiger partial charge in [0.15, 0.2) is 0 Å². The first-order valence-corrected chi connectivity index (χ1v) is 6.89. The third-order valence-electron chi connectivity index (χ3n) is 4.24. The number of aryl methyl sites for hydroxylation is 1. The van der Waals surface area contributed by atoms with Gasteiger partial charge in [0.25, 0.3) is 5.91 Å². The van der Waals surface area contributed by atoms with Crippen molar-refractivity contribution in [2.75, 3.05) is 0 Å². The molecule has 1 saturated carbocycles. The molecule has 20 heavy (non-hydrogen) atoms. The Hall–Kier alpha value is -1.92. The van der Waals surface area contributed by atoms with E-state index in [0.717, 1.165) is 19.3 Å². The molecule has 1 aliphatic rings. The minimum Gasteiger partial charge on any atom is -0.347 e. The molecule has 1 N–H and O–H groups in total. The molecule has 2 rings (SSSR count). The Morgan fingerprint density at radius 3 is 2.85 bits per heavy atom. The fraction of sp³-hybridized carbons (Fsp3) is 0.692. The molecule has 1 fully saturated rings. The van der Waals surface area contributed by atoms with Gasteiger partial charge in [-0.25, -0.2) is 0 Å². The lowest BCUT2D eigenvalue weighted by atomic mass is 9.78. The highest BCUT2D eigenvalue weighted by atomic mass is 16.6. The minimum absolute atomic E-state index is 0.0628. The van der Waals surface area contributed by atoms with Crippen molar-refractivity contribution < 1.29 is 9.72 Å². The summed E-state index contributed by atoms with van der Waals surface area (Å²) in [7, 11) is 1.56. The zero-order chi connectivity index (χ0) is 14.9. The van der Waals surface area contributed by atoms with E-state index in [0.29, 0.717) is 11.8 Å². The van der Waals surface area contributed by atoms with Crippen molar-refractivity contribution in [3.8, 4) is 0 Å². The number of amides is 1. The Kier molecular flexibility index (Phi) is 4.06. The summed E-state index contributed by atoms with van der Waals surface area (Å²) in [6.45, 7) is 4.29. The smallest absolute Gasteiger partial charge is 0.320 e. The lowest BCUT2D eigenvalue weighted by molar-refractivity contribution is -0.385. The van der Waals surface area contributed by atoms with Crippen LogP contribution in [0.1, 0.15) is 43.6 Å². The van der Waals surface area contributed by atoms with E-state index in [1.165, 1.54) is 10.9 Å². The van der Waals surface area contributed by atoms with Crippen LogP contribution in [0.3, 0.4) is 0 Å². The number of nitrogens with one attached hydrogen (secondary N) is 1. The van der Waals surface area contributed by atoms with Crippen molar-refractivity contribution in [1.82, 2.24) is 15.1 Å². The van der Waals surface area contributed by atoms with Crippen molar-refractivity contribution in [1.29, 1.82) is 0 Å². The number of carbonyl (C=O) groups is 1. The fourth-order valence-electron chi connectivity index (χ4n) is 2.79. The van der Waals surface area contributed by atoms with Gasteiger partial charge in [0.2, 0.25) is 5.69 Å². The van der Waals surface area contributed by atoms with Crippen LogP contribution in [0.5, 0.6) is 0 Å². The van der Waals surface area contributed by atoms with E-state index in [1.54, 1.807) is 7.05 Å². The second-order valence-corrected chi connectivity index (χ2v) is 5.64. The first-order valence-electron chi connectivity index (χ1n) is 6.89. The number of nitro groups is 1. The van der Waals surface area contributed by atoms with Crippen LogP contribution in [-0.2, 0) is 7.05 Å². The molecule has 1 aromatic heterocycles. The highest BCUT2D eigenvalue weighted by Crippen LogP contribution is 2.30. The van der Waals surface area contributed by atoms with Crippen molar-refractivity contribution in [3.63, 3.8) is 0 Å². The van der Waals surface area contributed by atoms with Crippen molar-refractivity contribution in [2.45, 2.75) is 39.2 Å². The SMILES string of the molecule is C[C@H]1[C@@H](NC(=O)c2nn(C)cc2[N+](=O)[O-])CCC[C@@H]1C. The number of hydrogen-bond acceptors (Lipinski definition) is 4. The molecule has 0 spiro atoms. The average Bonchev–Trinajstić information content (AvgIpc) is 2.77. The topological polar surface area (TPSA) is 90.1 Å². The van der Waals surface area contributed by atoms with Gasteiger partial charge in [-0.3, -0.25) is 19.6 Å². The third-order valence-corrected chi connectivity index (χ3v) is 4.24. The predicted octanol–water partition coefficient (Wildman–Crippen LogP) is 1.88. The van der Waals surface area contributed by atoms with Crippen LogP contribution in [0.25, 0.3) is 0 Å². The maximum Gasteiger partial charge on any atom is 0.320 e. The molecule has 110 valence electrons. The summed E-state index contributed by atoms with van der Waals surface area (Å²) in [5.41, 5.74) is -0.357. The highest BCUT2D eigenvalue weighted by molar-refractivity contribution is 5.96. The summed E-state index contributed by atoms with van der Waals surface area (Å²) < 4.78 is 1.29. The van der Waals surface area contributed by atoms with E-state index in [4.69, 9.17) is 0 Å². The number of rotatable bonds is 3. The van der Waals surface area contributed by atoms with E-state index >= 15 is 0 Å². The molecular formula is C13H20N4O3. The molecule has 0 aliphatic heterocycles. The lowest BCUT2D eigenvalue weighted by Crippen LogP contribution is -2.44. The molecule has 0 radical (unpaired) electrons. The number of hydrogen-bond donors (Lipinski definition) is 1. The lowest BCUT2D eigenvalue weighted by Gasteiger charge is -2.34. The molecular weight excluding hydrogens is 260 g/mol. The molecule has 3 atom stereocenters. The normalized spacial score (nSPS) is 26.2. The van der Waals surface area contributed by atoms with Gasteiger partial charge in [0, 0.05) is 13.1 Å². The summed E-state index contributed by atoms with van der Waals surface area (Å²) in [4.78, 5) is 22.6. The number of nitrogens with zero attached hydrogens (tertiary/aromatic N) is 3. The highest BCUT2D eigenvalue weighted by Gasteiger charge is 2.31. The van der Waals surface area contributed by atoms with E-state index in [2.05, 4.69) is 24.3 Å². The number of aromatic nitrogens is 2. The molecule has 0 saturated heterocycles. The molecule has 1 aliphatic carbocycles. The van der Waals surface area contributed by atoms with Crippen LogP contribution in [0.4, 0.5) is 5.69 Å². The molecule has 1 amide bonds. The maximum atomic E-state index is 12.2. The van der Waals surface area contributed by atoms with Gasteiger partial charge in [-0.15, -0.1) is 0 Å². The van der Waals surface area contributed by atoms with Gasteiger partial charge in [-0.05, 0) is 18.3 Å². The second-order valence-electron chi connectivity index (χ2n) is 5.64. The Labute approximate surface area is 117 Å². The summed E-state index contributed by atoms with van der Waals surface area (Å²) in [5, 5.41) is 17.7.